The summed E-state index contributed by atoms with van der Waals surface area (Å²) in [5, 5.41) is 7.60. The van der Waals surface area contributed by atoms with E-state index in [1.807, 2.05) is 9.58 Å². The molecular formula is C19H33N5O2. The van der Waals surface area contributed by atoms with E-state index in [1.165, 1.54) is 5.56 Å². The van der Waals surface area contributed by atoms with E-state index in [0.717, 1.165) is 57.9 Å². The van der Waals surface area contributed by atoms with Crippen molar-refractivity contribution in [1.82, 2.24) is 24.9 Å². The van der Waals surface area contributed by atoms with Crippen LogP contribution < -0.4 is 5.32 Å². The molecule has 3 rings (SSSR count). The van der Waals surface area contributed by atoms with Crippen molar-refractivity contribution in [3.8, 4) is 0 Å². The van der Waals surface area contributed by atoms with Gasteiger partial charge in [-0.3, -0.25) is 9.58 Å². The van der Waals surface area contributed by atoms with Crippen LogP contribution in [0, 0.1) is 12.8 Å². The fourth-order valence-electron chi connectivity index (χ4n) is 4.08. The Hall–Kier alpha value is -1.60. The first-order valence-electron chi connectivity index (χ1n) is 9.99. The molecule has 2 aliphatic rings. The van der Waals surface area contributed by atoms with Gasteiger partial charge in [0, 0.05) is 63.0 Å². The minimum Gasteiger partial charge on any atom is -0.379 e. The Bertz CT molecular complexity index is 603. The van der Waals surface area contributed by atoms with Gasteiger partial charge in [0.05, 0.1) is 18.9 Å². The normalized spacial score (nSPS) is 24.2. The van der Waals surface area contributed by atoms with Gasteiger partial charge in [-0.25, -0.2) is 4.79 Å². The van der Waals surface area contributed by atoms with E-state index >= 15 is 0 Å². The molecule has 0 radical (unpaired) electrons. The zero-order valence-corrected chi connectivity index (χ0v) is 16.4. The van der Waals surface area contributed by atoms with Crippen molar-refractivity contribution in [2.24, 2.45) is 5.92 Å². The molecule has 1 aromatic rings. The molecule has 7 nitrogen and oxygen atoms in total. The second-order valence-electron chi connectivity index (χ2n) is 7.45. The van der Waals surface area contributed by atoms with E-state index in [2.05, 4.69) is 42.3 Å². The predicted octanol–water partition coefficient (Wildman–Crippen LogP) is 1.85. The van der Waals surface area contributed by atoms with Crippen molar-refractivity contribution in [2.75, 3.05) is 39.4 Å². The molecule has 0 bridgehead atoms. The van der Waals surface area contributed by atoms with E-state index in [0.29, 0.717) is 19.1 Å². The predicted molar refractivity (Wildman–Crippen MR) is 101 cm³/mol. The van der Waals surface area contributed by atoms with E-state index in [-0.39, 0.29) is 12.1 Å². The van der Waals surface area contributed by atoms with Crippen LogP contribution in [0.5, 0.6) is 0 Å². The molecule has 2 fully saturated rings. The molecular weight excluding hydrogens is 330 g/mol. The molecule has 0 unspecified atom stereocenters. The van der Waals surface area contributed by atoms with Crippen LogP contribution in [0.4, 0.5) is 4.79 Å². The number of carbonyl (C=O) groups excluding carboxylic acids is 1. The highest BCUT2D eigenvalue weighted by Crippen LogP contribution is 2.26. The highest BCUT2D eigenvalue weighted by molar-refractivity contribution is 5.74. The van der Waals surface area contributed by atoms with Gasteiger partial charge in [0.2, 0.25) is 0 Å². The Balaban J connectivity index is 1.63. The minimum atomic E-state index is 0.0702. The zero-order chi connectivity index (χ0) is 18.5. The van der Waals surface area contributed by atoms with Crippen molar-refractivity contribution in [2.45, 2.75) is 52.7 Å². The topological polar surface area (TPSA) is 62.6 Å². The number of amides is 2. The molecule has 2 amide bonds. The van der Waals surface area contributed by atoms with Crippen molar-refractivity contribution < 1.29 is 9.53 Å². The number of rotatable bonds is 5. The standard InChI is InChI=1S/C19H33N5O2/c1-4-7-20-19(25)24-9-10-26-14-17-12-22(8-6-18(17)24)11-16-13-23(5-2)21-15(16)3/h13,17-18H,4-12,14H2,1-3H3,(H,20,25)/t17-,18-/m1/s1. The van der Waals surface area contributed by atoms with Gasteiger partial charge < -0.3 is 15.0 Å². The Morgan fingerprint density at radius 2 is 2.23 bits per heavy atom. The Labute approximate surface area is 156 Å². The maximum atomic E-state index is 12.6. The van der Waals surface area contributed by atoms with Gasteiger partial charge in [-0.2, -0.15) is 5.10 Å². The van der Waals surface area contributed by atoms with Crippen LogP contribution in [-0.2, 0) is 17.8 Å². The number of ether oxygens (including phenoxy) is 1. The van der Waals surface area contributed by atoms with Crippen molar-refractivity contribution in [1.29, 1.82) is 0 Å². The van der Waals surface area contributed by atoms with Crippen molar-refractivity contribution >= 4 is 6.03 Å². The smallest absolute Gasteiger partial charge is 0.317 e. The number of aromatic nitrogens is 2. The molecule has 26 heavy (non-hydrogen) atoms. The summed E-state index contributed by atoms with van der Waals surface area (Å²) in [5.41, 5.74) is 2.42. The summed E-state index contributed by atoms with van der Waals surface area (Å²) in [7, 11) is 0. The number of urea groups is 1. The summed E-state index contributed by atoms with van der Waals surface area (Å²) in [4.78, 5) is 17.1. The van der Waals surface area contributed by atoms with E-state index in [1.54, 1.807) is 0 Å². The number of carbonyl (C=O) groups is 1. The van der Waals surface area contributed by atoms with Crippen molar-refractivity contribution in [3.05, 3.63) is 17.5 Å². The molecule has 2 atom stereocenters. The number of nitrogens with zero attached hydrogens (tertiary/aromatic N) is 4. The fraction of sp³-hybridized carbons (Fsp3) is 0.789. The third-order valence-electron chi connectivity index (χ3n) is 5.54. The average molecular weight is 364 g/mol. The molecule has 0 aliphatic carbocycles. The van der Waals surface area contributed by atoms with Crippen LogP contribution in [0.1, 0.15) is 37.9 Å². The van der Waals surface area contributed by atoms with E-state index in [9.17, 15) is 4.79 Å². The lowest BCUT2D eigenvalue weighted by Gasteiger charge is -2.42. The maximum absolute atomic E-state index is 12.6. The number of aryl methyl sites for hydroxylation is 2. The molecule has 0 spiro atoms. The number of fused-ring (bicyclic) bond motifs is 1. The molecule has 146 valence electrons. The van der Waals surface area contributed by atoms with E-state index in [4.69, 9.17) is 4.74 Å². The Morgan fingerprint density at radius 3 is 2.96 bits per heavy atom. The molecule has 3 heterocycles. The lowest BCUT2D eigenvalue weighted by molar-refractivity contribution is 0.0541. The molecule has 1 N–H and O–H groups in total. The van der Waals surface area contributed by atoms with Crippen LogP contribution in [0.3, 0.4) is 0 Å². The quantitative estimate of drug-likeness (QED) is 0.867. The lowest BCUT2D eigenvalue weighted by atomic mass is 9.91. The average Bonchev–Trinajstić information content (AvgIpc) is 2.87. The summed E-state index contributed by atoms with van der Waals surface area (Å²) < 4.78 is 7.83. The van der Waals surface area contributed by atoms with Gasteiger partial charge in [-0.15, -0.1) is 0 Å². The molecule has 2 aliphatic heterocycles. The van der Waals surface area contributed by atoms with Crippen LogP contribution in [0.2, 0.25) is 0 Å². The van der Waals surface area contributed by atoms with Crippen LogP contribution in [0.15, 0.2) is 6.20 Å². The fourth-order valence-corrected chi connectivity index (χ4v) is 4.08. The first-order chi connectivity index (χ1) is 12.6. The number of likely N-dealkylation sites (tertiary alicyclic amines) is 1. The van der Waals surface area contributed by atoms with Crippen LogP contribution in [0.25, 0.3) is 0 Å². The molecule has 2 saturated heterocycles. The summed E-state index contributed by atoms with van der Waals surface area (Å²) in [6.07, 6.45) is 4.13. The summed E-state index contributed by atoms with van der Waals surface area (Å²) in [6, 6.07) is 0.353. The Kier molecular flexibility index (Phi) is 6.53. The minimum absolute atomic E-state index is 0.0702. The number of hydrogen-bond acceptors (Lipinski definition) is 4. The van der Waals surface area contributed by atoms with Gasteiger partial charge >= 0.3 is 6.03 Å². The van der Waals surface area contributed by atoms with E-state index < -0.39 is 0 Å². The van der Waals surface area contributed by atoms with Gasteiger partial charge in [0.1, 0.15) is 0 Å². The third kappa shape index (κ3) is 4.38. The Morgan fingerprint density at radius 1 is 1.38 bits per heavy atom. The van der Waals surface area contributed by atoms with Gasteiger partial charge in [-0.1, -0.05) is 6.92 Å². The summed E-state index contributed by atoms with van der Waals surface area (Å²) in [6.45, 7) is 12.9. The maximum Gasteiger partial charge on any atom is 0.317 e. The molecule has 0 saturated carbocycles. The van der Waals surface area contributed by atoms with Gasteiger partial charge in [-0.05, 0) is 26.7 Å². The number of piperidine rings is 1. The van der Waals surface area contributed by atoms with Gasteiger partial charge in [0.25, 0.3) is 0 Å². The summed E-state index contributed by atoms with van der Waals surface area (Å²) in [5.74, 6) is 0.375. The molecule has 1 aromatic heterocycles. The third-order valence-corrected chi connectivity index (χ3v) is 5.54. The number of hydrogen-bond donors (Lipinski definition) is 1. The first kappa shape index (κ1) is 19.2. The first-order valence-corrected chi connectivity index (χ1v) is 9.99. The SMILES string of the molecule is CCCNC(=O)N1CCOC[C@H]2CN(Cc3cn(CC)nc3C)CC[C@H]21. The van der Waals surface area contributed by atoms with Crippen LogP contribution >= 0.6 is 0 Å². The van der Waals surface area contributed by atoms with Crippen molar-refractivity contribution in [3.63, 3.8) is 0 Å². The lowest BCUT2D eigenvalue weighted by Crippen LogP contribution is -2.55. The second kappa shape index (κ2) is 8.86. The highest BCUT2D eigenvalue weighted by Gasteiger charge is 2.37. The zero-order valence-electron chi connectivity index (χ0n) is 16.4. The largest absolute Gasteiger partial charge is 0.379 e. The monoisotopic (exact) mass is 363 g/mol. The van der Waals surface area contributed by atoms with Gasteiger partial charge in [0.15, 0.2) is 0 Å². The molecule has 0 aromatic carbocycles. The summed E-state index contributed by atoms with van der Waals surface area (Å²) >= 11 is 0. The highest BCUT2D eigenvalue weighted by atomic mass is 16.5. The second-order valence-corrected chi connectivity index (χ2v) is 7.45. The number of nitrogens with one attached hydrogen (secondary N) is 1. The molecule has 7 heteroatoms. The van der Waals surface area contributed by atoms with Crippen LogP contribution in [-0.4, -0.2) is 71.0 Å².